The summed E-state index contributed by atoms with van der Waals surface area (Å²) in [5.41, 5.74) is 0.804. The van der Waals surface area contributed by atoms with E-state index >= 15 is 0 Å². The lowest BCUT2D eigenvalue weighted by Gasteiger charge is -2.49. The lowest BCUT2D eigenvalue weighted by molar-refractivity contribution is -0.185. The Balaban J connectivity index is 2.08. The molecule has 3 rings (SSSR count). The Morgan fingerprint density at radius 3 is 1.66 bits per heavy atom. The second-order valence-corrected chi connectivity index (χ2v) is 8.76. The Labute approximate surface area is 188 Å². The van der Waals surface area contributed by atoms with Crippen molar-refractivity contribution >= 4 is 17.7 Å². The second-order valence-electron chi connectivity index (χ2n) is 8.76. The third-order valence-electron chi connectivity index (χ3n) is 5.36. The quantitative estimate of drug-likeness (QED) is 0.373. The lowest BCUT2D eigenvalue weighted by atomic mass is 9.80. The van der Waals surface area contributed by atoms with Gasteiger partial charge in [0.2, 0.25) is 5.91 Å². The molecule has 2 aromatic rings. The Kier molecular flexibility index (Phi) is 6.57. The van der Waals surface area contributed by atoms with E-state index in [2.05, 4.69) is 0 Å². The molecule has 170 valence electrons. The first-order valence-electron chi connectivity index (χ1n) is 10.4. The number of amides is 1. The number of esters is 1. The first-order valence-corrected chi connectivity index (χ1v) is 10.4. The number of carbonyl (C=O) groups is 3. The first-order chi connectivity index (χ1) is 15.1. The van der Waals surface area contributed by atoms with Gasteiger partial charge in [-0.05, 0) is 63.1 Å². The largest absolute Gasteiger partial charge is 0.497 e. The van der Waals surface area contributed by atoms with Crippen molar-refractivity contribution in [1.29, 1.82) is 0 Å². The van der Waals surface area contributed by atoms with Crippen LogP contribution in [0.1, 0.15) is 44.9 Å². The van der Waals surface area contributed by atoms with Crippen molar-refractivity contribution in [2.75, 3.05) is 14.2 Å². The van der Waals surface area contributed by atoms with Gasteiger partial charge in [0.15, 0.2) is 0 Å². The molecule has 0 saturated carbocycles. The Hall–Kier alpha value is -3.35. The third kappa shape index (κ3) is 4.61. The van der Waals surface area contributed by atoms with E-state index in [0.717, 1.165) is 11.1 Å². The molecule has 1 amide bonds. The first kappa shape index (κ1) is 23.3. The van der Waals surface area contributed by atoms with Crippen LogP contribution in [0.25, 0.3) is 0 Å². The summed E-state index contributed by atoms with van der Waals surface area (Å²) >= 11 is 0. The standard InChI is InChI=1S/C25H29NO6/c1-15(27)20-22(24(29)32-25(2,3)4)26(23(20)28)21(16-7-11-18(30-5)12-8-16)17-9-13-19(31-6)14-10-17/h7-14,20-22H,1-6H3/t20-,22+/m0/s1. The van der Waals surface area contributed by atoms with E-state index in [1.54, 1.807) is 59.3 Å². The molecule has 7 nitrogen and oxygen atoms in total. The minimum absolute atomic E-state index is 0.356. The number of ketones is 1. The highest BCUT2D eigenvalue weighted by molar-refractivity contribution is 6.11. The highest BCUT2D eigenvalue weighted by atomic mass is 16.6. The highest BCUT2D eigenvalue weighted by Gasteiger charge is 2.58. The van der Waals surface area contributed by atoms with Crippen LogP contribution in [0.2, 0.25) is 0 Å². The van der Waals surface area contributed by atoms with Crippen LogP contribution < -0.4 is 9.47 Å². The normalized spacial score (nSPS) is 18.2. The summed E-state index contributed by atoms with van der Waals surface area (Å²) in [5, 5.41) is 0. The number of ether oxygens (including phenoxy) is 3. The number of β-lactam (4-membered cyclic amide) rings is 1. The summed E-state index contributed by atoms with van der Waals surface area (Å²) in [4.78, 5) is 39.9. The van der Waals surface area contributed by atoms with E-state index in [1.807, 2.05) is 24.3 Å². The molecule has 2 atom stereocenters. The summed E-state index contributed by atoms with van der Waals surface area (Å²) in [7, 11) is 3.15. The van der Waals surface area contributed by atoms with Crippen LogP contribution in [0.4, 0.5) is 0 Å². The molecule has 0 unspecified atom stereocenters. The van der Waals surface area contributed by atoms with Gasteiger partial charge in [-0.1, -0.05) is 24.3 Å². The highest BCUT2D eigenvalue weighted by Crippen LogP contribution is 2.41. The molecule has 2 aromatic carbocycles. The smallest absolute Gasteiger partial charge is 0.330 e. The van der Waals surface area contributed by atoms with Crippen molar-refractivity contribution in [1.82, 2.24) is 4.90 Å². The van der Waals surface area contributed by atoms with Crippen LogP contribution in [-0.4, -0.2) is 48.4 Å². The van der Waals surface area contributed by atoms with Gasteiger partial charge in [0.1, 0.15) is 34.8 Å². The molecule has 32 heavy (non-hydrogen) atoms. The third-order valence-corrected chi connectivity index (χ3v) is 5.36. The minimum atomic E-state index is -1.05. The molecule has 0 spiro atoms. The van der Waals surface area contributed by atoms with Gasteiger partial charge in [0, 0.05) is 0 Å². The van der Waals surface area contributed by atoms with Gasteiger partial charge in [-0.25, -0.2) is 4.79 Å². The maximum Gasteiger partial charge on any atom is 0.330 e. The van der Waals surface area contributed by atoms with E-state index in [1.165, 1.54) is 11.8 Å². The summed E-state index contributed by atoms with van der Waals surface area (Å²) < 4.78 is 16.1. The van der Waals surface area contributed by atoms with E-state index in [9.17, 15) is 14.4 Å². The maximum atomic E-state index is 13.2. The average molecular weight is 440 g/mol. The van der Waals surface area contributed by atoms with Gasteiger partial charge >= 0.3 is 5.97 Å². The van der Waals surface area contributed by atoms with E-state index in [0.29, 0.717) is 11.5 Å². The second kappa shape index (κ2) is 9.02. The fourth-order valence-electron chi connectivity index (χ4n) is 3.89. The molecule has 0 radical (unpaired) electrons. The molecule has 0 aliphatic carbocycles. The SMILES string of the molecule is COc1ccc(C(c2ccc(OC)cc2)N2C(=O)[C@@H](C(C)=O)[C@@H]2C(=O)OC(C)(C)C)cc1. The summed E-state index contributed by atoms with van der Waals surface area (Å²) in [6.45, 7) is 6.59. The number of methoxy groups -OCH3 is 2. The molecule has 1 saturated heterocycles. The van der Waals surface area contributed by atoms with Crippen molar-refractivity contribution in [3.05, 3.63) is 59.7 Å². The van der Waals surface area contributed by atoms with Crippen LogP contribution in [0.5, 0.6) is 11.5 Å². The van der Waals surface area contributed by atoms with E-state index < -0.39 is 35.5 Å². The predicted molar refractivity (Wildman–Crippen MR) is 118 cm³/mol. The zero-order chi connectivity index (χ0) is 23.6. The summed E-state index contributed by atoms with van der Waals surface area (Å²) in [6, 6.07) is 12.9. The van der Waals surface area contributed by atoms with Crippen LogP contribution >= 0.6 is 0 Å². The lowest BCUT2D eigenvalue weighted by Crippen LogP contribution is -2.68. The fraction of sp³-hybridized carbons (Fsp3) is 0.400. The molecule has 1 aliphatic heterocycles. The zero-order valence-electron chi connectivity index (χ0n) is 19.2. The number of benzene rings is 2. The Morgan fingerprint density at radius 1 is 0.875 bits per heavy atom. The number of hydrogen-bond donors (Lipinski definition) is 0. The maximum absolute atomic E-state index is 13.2. The van der Waals surface area contributed by atoms with Gasteiger partial charge in [-0.3, -0.25) is 9.59 Å². The molecule has 1 fully saturated rings. The van der Waals surface area contributed by atoms with Crippen LogP contribution in [-0.2, 0) is 19.1 Å². The molecular weight excluding hydrogens is 410 g/mol. The van der Waals surface area contributed by atoms with E-state index in [4.69, 9.17) is 14.2 Å². The van der Waals surface area contributed by atoms with E-state index in [-0.39, 0.29) is 5.78 Å². The van der Waals surface area contributed by atoms with Crippen molar-refractivity contribution in [2.24, 2.45) is 5.92 Å². The molecule has 0 aromatic heterocycles. The number of hydrogen-bond acceptors (Lipinski definition) is 6. The van der Waals surface area contributed by atoms with Gasteiger partial charge in [-0.2, -0.15) is 0 Å². The molecule has 1 heterocycles. The van der Waals surface area contributed by atoms with Crippen molar-refractivity contribution in [3.8, 4) is 11.5 Å². The summed E-state index contributed by atoms with van der Waals surface area (Å²) in [5.74, 6) is -1.06. The Morgan fingerprint density at radius 2 is 1.31 bits per heavy atom. The zero-order valence-corrected chi connectivity index (χ0v) is 19.2. The fourth-order valence-corrected chi connectivity index (χ4v) is 3.89. The van der Waals surface area contributed by atoms with Crippen LogP contribution in [0, 0.1) is 5.92 Å². The molecule has 7 heteroatoms. The average Bonchev–Trinajstić information content (AvgIpc) is 2.74. The van der Waals surface area contributed by atoms with Gasteiger partial charge in [0.05, 0.1) is 20.3 Å². The van der Waals surface area contributed by atoms with Gasteiger partial charge in [-0.15, -0.1) is 0 Å². The molecule has 1 aliphatic rings. The van der Waals surface area contributed by atoms with Crippen molar-refractivity contribution < 1.29 is 28.6 Å². The number of rotatable bonds is 7. The monoisotopic (exact) mass is 439 g/mol. The van der Waals surface area contributed by atoms with Gasteiger partial charge in [0.25, 0.3) is 0 Å². The number of Topliss-reactive ketones (excluding diaryl/α,β-unsaturated/α-hetero) is 1. The van der Waals surface area contributed by atoms with Gasteiger partial charge < -0.3 is 19.1 Å². The number of likely N-dealkylation sites (tertiary alicyclic amines) is 1. The van der Waals surface area contributed by atoms with Crippen LogP contribution in [0.3, 0.4) is 0 Å². The van der Waals surface area contributed by atoms with Crippen molar-refractivity contribution in [3.63, 3.8) is 0 Å². The molecule has 0 N–H and O–H groups in total. The topological polar surface area (TPSA) is 82.1 Å². The van der Waals surface area contributed by atoms with Crippen LogP contribution in [0.15, 0.2) is 48.5 Å². The minimum Gasteiger partial charge on any atom is -0.497 e. The number of carbonyl (C=O) groups excluding carboxylic acids is 3. The molecular formula is C25H29NO6. The van der Waals surface area contributed by atoms with Crippen molar-refractivity contribution in [2.45, 2.75) is 45.4 Å². The number of nitrogens with zero attached hydrogens (tertiary/aromatic N) is 1. The Bertz CT molecular complexity index is 943. The molecule has 0 bridgehead atoms. The predicted octanol–water partition coefficient (Wildman–Crippen LogP) is 3.55. The summed E-state index contributed by atoms with van der Waals surface area (Å²) in [6.07, 6.45) is 0.